The van der Waals surface area contributed by atoms with Crippen molar-refractivity contribution in [2.45, 2.75) is 44.2 Å². The first kappa shape index (κ1) is 21.6. The minimum absolute atomic E-state index is 0.0487. The zero-order valence-electron chi connectivity index (χ0n) is 18.0. The maximum absolute atomic E-state index is 12.4. The Balaban J connectivity index is 1.30. The van der Waals surface area contributed by atoms with Gasteiger partial charge in [0.1, 0.15) is 5.82 Å². The third-order valence-electron chi connectivity index (χ3n) is 5.63. The molecule has 6 nitrogen and oxygen atoms in total. The van der Waals surface area contributed by atoms with E-state index in [1.807, 2.05) is 55.1 Å². The number of likely N-dealkylation sites (tertiary alicyclic amines) is 1. The van der Waals surface area contributed by atoms with E-state index >= 15 is 0 Å². The monoisotopic (exact) mass is 436 g/mol. The van der Waals surface area contributed by atoms with E-state index in [9.17, 15) is 9.59 Å². The first-order valence-electron chi connectivity index (χ1n) is 10.7. The van der Waals surface area contributed by atoms with Gasteiger partial charge >= 0.3 is 0 Å². The van der Waals surface area contributed by atoms with Crippen molar-refractivity contribution in [2.75, 3.05) is 18.4 Å². The number of aryl methyl sites for hydroxylation is 1. The van der Waals surface area contributed by atoms with Gasteiger partial charge in [0.2, 0.25) is 5.91 Å². The second kappa shape index (κ2) is 9.66. The van der Waals surface area contributed by atoms with Gasteiger partial charge in [-0.1, -0.05) is 24.3 Å². The molecule has 162 valence electrons. The molecule has 31 heavy (non-hydrogen) atoms. The second-order valence-electron chi connectivity index (χ2n) is 8.15. The Morgan fingerprint density at radius 1 is 1.23 bits per heavy atom. The molecule has 1 fully saturated rings. The van der Waals surface area contributed by atoms with Gasteiger partial charge in [-0.2, -0.15) is 11.8 Å². The summed E-state index contributed by atoms with van der Waals surface area (Å²) in [5.74, 6) is 1.43. The molecule has 2 N–H and O–H groups in total. The average molecular weight is 437 g/mol. The van der Waals surface area contributed by atoms with Gasteiger partial charge < -0.3 is 10.3 Å². The molecule has 1 amide bonds. The van der Waals surface area contributed by atoms with Gasteiger partial charge in [0.15, 0.2) is 0 Å². The third-order valence-corrected chi connectivity index (χ3v) is 7.01. The van der Waals surface area contributed by atoms with Crippen molar-refractivity contribution >= 4 is 34.3 Å². The summed E-state index contributed by atoms with van der Waals surface area (Å²) in [5.41, 5.74) is 3.85. The number of benzene rings is 2. The van der Waals surface area contributed by atoms with Gasteiger partial charge in [-0.05, 0) is 62.2 Å². The number of hydrogen-bond acceptors (Lipinski definition) is 5. The zero-order valence-corrected chi connectivity index (χ0v) is 18.8. The van der Waals surface area contributed by atoms with E-state index in [2.05, 4.69) is 21.3 Å². The number of carbonyl (C=O) groups is 1. The largest absolute Gasteiger partial charge is 0.326 e. The van der Waals surface area contributed by atoms with Crippen LogP contribution in [0.5, 0.6) is 0 Å². The fourth-order valence-electron chi connectivity index (χ4n) is 4.06. The SMILES string of the molecule is CC(=O)Nc1cccc(CN2CCC(SCc3nc4c(C)cccc4c(=O)[nH]3)CC2)c1. The van der Waals surface area contributed by atoms with E-state index in [4.69, 9.17) is 4.98 Å². The average Bonchev–Trinajstić information content (AvgIpc) is 2.74. The van der Waals surface area contributed by atoms with Gasteiger partial charge in [-0.15, -0.1) is 0 Å². The summed E-state index contributed by atoms with van der Waals surface area (Å²) in [6.07, 6.45) is 2.24. The third kappa shape index (κ3) is 5.54. The Kier molecular flexibility index (Phi) is 6.73. The van der Waals surface area contributed by atoms with Gasteiger partial charge in [0.05, 0.1) is 16.7 Å². The first-order valence-corrected chi connectivity index (χ1v) is 11.7. The lowest BCUT2D eigenvalue weighted by molar-refractivity contribution is -0.114. The summed E-state index contributed by atoms with van der Waals surface area (Å²) >= 11 is 1.88. The quantitative estimate of drug-likeness (QED) is 0.609. The van der Waals surface area contributed by atoms with E-state index < -0.39 is 0 Å². The fourth-order valence-corrected chi connectivity index (χ4v) is 5.13. The van der Waals surface area contributed by atoms with Crippen LogP contribution in [0.2, 0.25) is 0 Å². The summed E-state index contributed by atoms with van der Waals surface area (Å²) in [6, 6.07) is 13.8. The molecule has 1 aromatic heterocycles. The highest BCUT2D eigenvalue weighted by Gasteiger charge is 2.20. The zero-order chi connectivity index (χ0) is 21.8. The number of piperidine rings is 1. The Hall–Kier alpha value is -2.64. The summed E-state index contributed by atoms with van der Waals surface area (Å²) in [7, 11) is 0. The molecule has 4 rings (SSSR count). The lowest BCUT2D eigenvalue weighted by atomic mass is 10.1. The van der Waals surface area contributed by atoms with E-state index in [1.165, 1.54) is 12.5 Å². The van der Waals surface area contributed by atoms with Gasteiger partial charge in [-0.25, -0.2) is 4.98 Å². The highest BCUT2D eigenvalue weighted by Crippen LogP contribution is 2.27. The number of H-pyrrole nitrogens is 1. The van der Waals surface area contributed by atoms with Crippen LogP contribution in [0.1, 0.15) is 36.7 Å². The number of para-hydroxylation sites is 1. The van der Waals surface area contributed by atoms with Crippen LogP contribution >= 0.6 is 11.8 Å². The number of amides is 1. The van der Waals surface area contributed by atoms with Crippen LogP contribution in [0.15, 0.2) is 47.3 Å². The Labute approximate surface area is 186 Å². The Bertz CT molecular complexity index is 1140. The number of aromatic amines is 1. The van der Waals surface area contributed by atoms with Gasteiger partial charge in [0.25, 0.3) is 5.56 Å². The van der Waals surface area contributed by atoms with Crippen molar-refractivity contribution in [3.63, 3.8) is 0 Å². The Morgan fingerprint density at radius 3 is 2.77 bits per heavy atom. The minimum Gasteiger partial charge on any atom is -0.326 e. The number of carbonyl (C=O) groups excluding carboxylic acids is 1. The summed E-state index contributed by atoms with van der Waals surface area (Å²) < 4.78 is 0. The van der Waals surface area contributed by atoms with Gasteiger partial charge in [-0.3, -0.25) is 14.5 Å². The molecule has 0 atom stereocenters. The molecule has 1 aliphatic heterocycles. The van der Waals surface area contributed by atoms with Crippen LogP contribution < -0.4 is 10.9 Å². The number of rotatable bonds is 6. The molecule has 0 aliphatic carbocycles. The molecule has 1 aliphatic rings. The van der Waals surface area contributed by atoms with Crippen LogP contribution in [-0.4, -0.2) is 39.1 Å². The molecule has 0 unspecified atom stereocenters. The predicted octanol–water partition coefficient (Wildman–Crippen LogP) is 4.09. The molecule has 3 aromatic rings. The smallest absolute Gasteiger partial charge is 0.258 e. The molecule has 0 bridgehead atoms. The maximum Gasteiger partial charge on any atom is 0.258 e. The number of anilines is 1. The van der Waals surface area contributed by atoms with E-state index in [-0.39, 0.29) is 11.5 Å². The molecular weight excluding hydrogens is 408 g/mol. The lowest BCUT2D eigenvalue weighted by Gasteiger charge is -2.31. The highest BCUT2D eigenvalue weighted by molar-refractivity contribution is 7.99. The number of nitrogens with zero attached hydrogens (tertiary/aromatic N) is 2. The first-order chi connectivity index (χ1) is 15.0. The Morgan fingerprint density at radius 2 is 2.00 bits per heavy atom. The van der Waals surface area contributed by atoms with Crippen LogP contribution in [0.25, 0.3) is 10.9 Å². The molecule has 0 saturated carbocycles. The standard InChI is InChI=1S/C24H28N4O2S/c1-16-5-3-8-21-23(16)26-22(27-24(21)30)15-31-20-9-11-28(12-10-20)14-18-6-4-7-19(13-18)25-17(2)29/h3-8,13,20H,9-12,14-15H2,1-2H3,(H,25,29)(H,26,27,30). The normalized spacial score (nSPS) is 15.3. The van der Waals surface area contributed by atoms with Crippen molar-refractivity contribution in [1.82, 2.24) is 14.9 Å². The number of hydrogen-bond donors (Lipinski definition) is 2. The van der Waals surface area contributed by atoms with Crippen LogP contribution in [-0.2, 0) is 17.1 Å². The van der Waals surface area contributed by atoms with Crippen LogP contribution in [0, 0.1) is 6.92 Å². The van der Waals surface area contributed by atoms with E-state index in [0.717, 1.165) is 60.8 Å². The number of fused-ring (bicyclic) bond motifs is 1. The van der Waals surface area contributed by atoms with Crippen LogP contribution in [0.4, 0.5) is 5.69 Å². The summed E-state index contributed by atoms with van der Waals surface area (Å²) in [5, 5.41) is 4.07. The lowest BCUT2D eigenvalue weighted by Crippen LogP contribution is -2.34. The fraction of sp³-hybridized carbons (Fsp3) is 0.375. The van der Waals surface area contributed by atoms with E-state index in [1.54, 1.807) is 0 Å². The number of thioether (sulfide) groups is 1. The molecular formula is C24H28N4O2S. The molecule has 1 saturated heterocycles. The van der Waals surface area contributed by atoms with Crippen molar-refractivity contribution in [2.24, 2.45) is 0 Å². The second-order valence-corrected chi connectivity index (χ2v) is 9.44. The maximum atomic E-state index is 12.4. The van der Waals surface area contributed by atoms with E-state index in [0.29, 0.717) is 10.6 Å². The molecule has 2 aromatic carbocycles. The molecule has 2 heterocycles. The van der Waals surface area contributed by atoms with Crippen molar-refractivity contribution < 1.29 is 4.79 Å². The van der Waals surface area contributed by atoms with Crippen molar-refractivity contribution in [1.29, 1.82) is 0 Å². The van der Waals surface area contributed by atoms with Gasteiger partial charge in [0, 0.05) is 24.4 Å². The van der Waals surface area contributed by atoms with Crippen molar-refractivity contribution in [3.05, 3.63) is 69.8 Å². The van der Waals surface area contributed by atoms with Crippen molar-refractivity contribution in [3.8, 4) is 0 Å². The molecule has 7 heteroatoms. The highest BCUT2D eigenvalue weighted by atomic mass is 32.2. The van der Waals surface area contributed by atoms with Crippen LogP contribution in [0.3, 0.4) is 0 Å². The minimum atomic E-state index is -0.0550. The molecule has 0 radical (unpaired) electrons. The molecule has 0 spiro atoms. The predicted molar refractivity (Wildman–Crippen MR) is 127 cm³/mol. The topological polar surface area (TPSA) is 78.1 Å². The summed E-state index contributed by atoms with van der Waals surface area (Å²) in [4.78, 5) is 33.7. The number of nitrogens with one attached hydrogen (secondary N) is 2. The summed E-state index contributed by atoms with van der Waals surface area (Å²) in [6.45, 7) is 6.50. The number of aromatic nitrogens is 2.